The first-order chi connectivity index (χ1) is 15.0. The van der Waals surface area contributed by atoms with E-state index in [1.807, 2.05) is 67.6 Å². The fourth-order valence-corrected chi connectivity index (χ4v) is 4.45. The van der Waals surface area contributed by atoms with Crippen molar-refractivity contribution in [3.63, 3.8) is 0 Å². The Labute approximate surface area is 186 Å². The summed E-state index contributed by atoms with van der Waals surface area (Å²) in [4.78, 5) is 28.2. The Morgan fingerprint density at radius 3 is 2.61 bits per heavy atom. The van der Waals surface area contributed by atoms with Crippen LogP contribution in [0, 0.1) is 6.92 Å². The second-order valence-electron chi connectivity index (χ2n) is 7.47. The van der Waals surface area contributed by atoms with E-state index in [4.69, 9.17) is 4.74 Å². The number of hydrogen-bond acceptors (Lipinski definition) is 4. The fraction of sp³-hybridized carbons (Fsp3) is 0.200. The number of carbonyl (C=O) groups excluding carboxylic acids is 2. The molecule has 5 nitrogen and oxygen atoms in total. The van der Waals surface area contributed by atoms with Crippen molar-refractivity contribution in [2.24, 2.45) is 0 Å². The number of thioether (sulfide) groups is 1. The van der Waals surface area contributed by atoms with E-state index >= 15 is 0 Å². The maximum absolute atomic E-state index is 12.8. The monoisotopic (exact) mass is 432 g/mol. The normalized spacial score (nSPS) is 13.0. The van der Waals surface area contributed by atoms with Crippen molar-refractivity contribution in [3.8, 4) is 5.75 Å². The van der Waals surface area contributed by atoms with Gasteiger partial charge in [-0.25, -0.2) is 0 Å². The minimum Gasteiger partial charge on any atom is -0.497 e. The summed E-state index contributed by atoms with van der Waals surface area (Å²) in [7, 11) is 1.62. The predicted octanol–water partition coefficient (Wildman–Crippen LogP) is 4.57. The molecule has 3 aromatic rings. The van der Waals surface area contributed by atoms with E-state index < -0.39 is 0 Å². The molecular formula is C25H24N2O3S. The van der Waals surface area contributed by atoms with Crippen LogP contribution in [-0.4, -0.2) is 24.7 Å². The molecule has 0 unspecified atom stereocenters. The molecule has 0 spiro atoms. The molecule has 0 atom stereocenters. The Morgan fingerprint density at radius 1 is 1.06 bits per heavy atom. The highest BCUT2D eigenvalue weighted by Crippen LogP contribution is 2.37. The third-order valence-corrected chi connectivity index (χ3v) is 6.25. The molecule has 1 N–H and O–H groups in total. The molecule has 158 valence electrons. The highest BCUT2D eigenvalue weighted by Gasteiger charge is 2.26. The van der Waals surface area contributed by atoms with Gasteiger partial charge in [-0.1, -0.05) is 42.0 Å². The number of methoxy groups -OCH3 is 1. The summed E-state index contributed by atoms with van der Waals surface area (Å²) in [5.74, 6) is 1.06. The van der Waals surface area contributed by atoms with Gasteiger partial charge in [0.25, 0.3) is 5.91 Å². The maximum Gasteiger partial charge on any atom is 0.251 e. The first-order valence-electron chi connectivity index (χ1n) is 10.1. The molecule has 0 aromatic heterocycles. The molecule has 0 fully saturated rings. The smallest absolute Gasteiger partial charge is 0.251 e. The number of anilines is 1. The Kier molecular flexibility index (Phi) is 6.28. The van der Waals surface area contributed by atoms with Crippen LogP contribution < -0.4 is 15.0 Å². The van der Waals surface area contributed by atoms with Crippen molar-refractivity contribution in [2.45, 2.75) is 24.9 Å². The third-order valence-electron chi connectivity index (χ3n) is 5.20. The zero-order valence-corrected chi connectivity index (χ0v) is 18.4. The first-order valence-corrected chi connectivity index (χ1v) is 11.1. The zero-order valence-electron chi connectivity index (χ0n) is 17.6. The Hall–Kier alpha value is -3.25. The van der Waals surface area contributed by atoms with Gasteiger partial charge in [0, 0.05) is 17.0 Å². The van der Waals surface area contributed by atoms with Crippen molar-refractivity contribution in [2.75, 3.05) is 17.8 Å². The molecule has 1 heterocycles. The molecule has 4 rings (SSSR count). The molecule has 3 aromatic carbocycles. The highest BCUT2D eigenvalue weighted by atomic mass is 32.2. The van der Waals surface area contributed by atoms with Crippen LogP contribution in [0.2, 0.25) is 0 Å². The lowest BCUT2D eigenvalue weighted by Gasteiger charge is -2.29. The van der Waals surface area contributed by atoms with E-state index in [0.29, 0.717) is 24.4 Å². The standard InChI is InChI=1S/C25H24N2O3S/c1-17-4-3-5-19(12-17)15-27-22-13-20(8-11-23(22)31-16-24(27)28)25(29)26-14-18-6-9-21(30-2)10-7-18/h3-13H,14-16H2,1-2H3,(H,26,29). The van der Waals surface area contributed by atoms with Crippen molar-refractivity contribution < 1.29 is 14.3 Å². The summed E-state index contributed by atoms with van der Waals surface area (Å²) in [6.45, 7) is 2.95. The van der Waals surface area contributed by atoms with Crippen LogP contribution in [0.5, 0.6) is 5.75 Å². The largest absolute Gasteiger partial charge is 0.497 e. The molecule has 31 heavy (non-hydrogen) atoms. The van der Waals surface area contributed by atoms with Crippen molar-refractivity contribution >= 4 is 29.3 Å². The van der Waals surface area contributed by atoms with Gasteiger partial charge in [0.1, 0.15) is 5.75 Å². The summed E-state index contributed by atoms with van der Waals surface area (Å²) >= 11 is 1.51. The molecule has 6 heteroatoms. The number of aryl methyl sites for hydroxylation is 1. The maximum atomic E-state index is 12.8. The van der Waals surface area contributed by atoms with Crippen molar-refractivity contribution in [1.29, 1.82) is 0 Å². The minimum atomic E-state index is -0.169. The molecule has 0 aliphatic carbocycles. The van der Waals surface area contributed by atoms with E-state index in [9.17, 15) is 9.59 Å². The fourth-order valence-electron chi connectivity index (χ4n) is 3.54. The van der Waals surface area contributed by atoms with Crippen LogP contribution >= 0.6 is 11.8 Å². The van der Waals surface area contributed by atoms with Gasteiger partial charge in [-0.15, -0.1) is 11.8 Å². The average molecular weight is 433 g/mol. The minimum absolute atomic E-state index is 0.0507. The predicted molar refractivity (Wildman–Crippen MR) is 124 cm³/mol. The lowest BCUT2D eigenvalue weighted by Crippen LogP contribution is -2.35. The first kappa shape index (κ1) is 21.0. The van der Waals surface area contributed by atoms with Crippen molar-refractivity contribution in [1.82, 2.24) is 5.32 Å². The molecule has 2 amide bonds. The number of benzene rings is 3. The van der Waals surface area contributed by atoms with E-state index in [1.165, 1.54) is 11.8 Å². The third kappa shape index (κ3) is 4.91. The Bertz CT molecular complexity index is 1110. The zero-order chi connectivity index (χ0) is 21.8. The molecule has 1 aliphatic rings. The Balaban J connectivity index is 1.52. The van der Waals surface area contributed by atoms with Crippen LogP contribution in [0.3, 0.4) is 0 Å². The SMILES string of the molecule is COc1ccc(CNC(=O)c2ccc3c(c2)N(Cc2cccc(C)c2)C(=O)CS3)cc1. The molecule has 1 aliphatic heterocycles. The van der Waals surface area contributed by atoms with Gasteiger partial charge in [0.2, 0.25) is 5.91 Å². The van der Waals surface area contributed by atoms with Gasteiger partial charge in [-0.3, -0.25) is 9.59 Å². The van der Waals surface area contributed by atoms with Crippen LogP contribution in [0.15, 0.2) is 71.6 Å². The summed E-state index contributed by atoms with van der Waals surface area (Å²) in [5, 5.41) is 2.95. The quantitative estimate of drug-likeness (QED) is 0.620. The number of rotatable bonds is 6. The topological polar surface area (TPSA) is 58.6 Å². The van der Waals surface area contributed by atoms with Gasteiger partial charge in [0.15, 0.2) is 0 Å². The second kappa shape index (κ2) is 9.27. The van der Waals surface area contributed by atoms with E-state index in [2.05, 4.69) is 11.4 Å². The van der Waals surface area contributed by atoms with Crippen LogP contribution in [-0.2, 0) is 17.9 Å². The van der Waals surface area contributed by atoms with Gasteiger partial charge in [0.05, 0.1) is 25.1 Å². The lowest BCUT2D eigenvalue weighted by atomic mass is 10.1. The van der Waals surface area contributed by atoms with Crippen LogP contribution in [0.25, 0.3) is 0 Å². The number of nitrogens with one attached hydrogen (secondary N) is 1. The lowest BCUT2D eigenvalue weighted by molar-refractivity contribution is -0.116. The van der Waals surface area contributed by atoms with E-state index in [0.717, 1.165) is 33.0 Å². The summed E-state index contributed by atoms with van der Waals surface area (Å²) in [6, 6.07) is 21.3. The van der Waals surface area contributed by atoms with E-state index in [1.54, 1.807) is 12.0 Å². The van der Waals surface area contributed by atoms with Gasteiger partial charge >= 0.3 is 0 Å². The van der Waals surface area contributed by atoms with E-state index in [-0.39, 0.29) is 11.8 Å². The highest BCUT2D eigenvalue weighted by molar-refractivity contribution is 8.00. The molecular weight excluding hydrogens is 408 g/mol. The number of fused-ring (bicyclic) bond motifs is 1. The number of ether oxygens (including phenoxy) is 1. The molecule has 0 bridgehead atoms. The number of carbonyl (C=O) groups is 2. The van der Waals surface area contributed by atoms with Gasteiger partial charge < -0.3 is 15.0 Å². The summed E-state index contributed by atoms with van der Waals surface area (Å²) in [5.41, 5.74) is 4.54. The van der Waals surface area contributed by atoms with Crippen LogP contribution in [0.4, 0.5) is 5.69 Å². The molecule has 0 saturated heterocycles. The number of amides is 2. The molecule has 0 saturated carbocycles. The second-order valence-corrected chi connectivity index (χ2v) is 8.49. The number of nitrogens with zero attached hydrogens (tertiary/aromatic N) is 1. The molecule has 0 radical (unpaired) electrons. The average Bonchev–Trinajstić information content (AvgIpc) is 2.79. The Morgan fingerprint density at radius 2 is 1.87 bits per heavy atom. The summed E-state index contributed by atoms with van der Waals surface area (Å²) in [6.07, 6.45) is 0. The van der Waals surface area contributed by atoms with Gasteiger partial charge in [-0.2, -0.15) is 0 Å². The van der Waals surface area contributed by atoms with Crippen molar-refractivity contribution in [3.05, 3.63) is 89.0 Å². The number of hydrogen-bond donors (Lipinski definition) is 1. The van der Waals surface area contributed by atoms with Crippen LogP contribution in [0.1, 0.15) is 27.0 Å². The van der Waals surface area contributed by atoms with Gasteiger partial charge in [-0.05, 0) is 48.4 Å². The summed E-state index contributed by atoms with van der Waals surface area (Å²) < 4.78 is 5.16.